The molecule has 3 rings (SSSR count). The van der Waals surface area contributed by atoms with Crippen molar-refractivity contribution in [3.63, 3.8) is 0 Å². The van der Waals surface area contributed by atoms with E-state index in [4.69, 9.17) is 9.47 Å². The summed E-state index contributed by atoms with van der Waals surface area (Å²) in [7, 11) is 2.90. The van der Waals surface area contributed by atoms with Gasteiger partial charge in [0.05, 0.1) is 26.0 Å². The van der Waals surface area contributed by atoms with Gasteiger partial charge in [-0.1, -0.05) is 5.10 Å². The Hall–Kier alpha value is -3.14. The molecule has 0 aliphatic carbocycles. The van der Waals surface area contributed by atoms with E-state index in [2.05, 4.69) is 25.5 Å². The van der Waals surface area contributed by atoms with Crippen LogP contribution in [0.2, 0.25) is 0 Å². The fourth-order valence-electron chi connectivity index (χ4n) is 2.26. The number of carbonyl (C=O) groups is 1. The van der Waals surface area contributed by atoms with Gasteiger partial charge in [0.1, 0.15) is 5.75 Å². The van der Waals surface area contributed by atoms with Crippen molar-refractivity contribution in [2.24, 2.45) is 0 Å². The number of aromatic nitrogens is 4. The van der Waals surface area contributed by atoms with Crippen molar-refractivity contribution in [1.29, 1.82) is 0 Å². The lowest BCUT2D eigenvalue weighted by Gasteiger charge is -2.13. The second-order valence-electron chi connectivity index (χ2n) is 5.11. The third-order valence-electron chi connectivity index (χ3n) is 3.43. The molecule has 0 aliphatic rings. The van der Waals surface area contributed by atoms with Crippen LogP contribution >= 0.6 is 11.3 Å². The standard InChI is InChI=1S/C16H14FN5O3S/c1-8-4-9(10-5-13(17)19-7-12(10)24-2)11(6-18-8)14(23)20-15-21-22-16(25-3)26-15/h4-7H,1-3H3,(H,20,21,23). The lowest BCUT2D eigenvalue weighted by molar-refractivity contribution is 0.102. The molecular weight excluding hydrogens is 361 g/mol. The molecule has 0 bridgehead atoms. The van der Waals surface area contributed by atoms with Crippen LogP contribution in [0.25, 0.3) is 11.1 Å². The van der Waals surface area contributed by atoms with Crippen molar-refractivity contribution < 1.29 is 18.7 Å². The Labute approximate surface area is 152 Å². The minimum absolute atomic E-state index is 0.230. The summed E-state index contributed by atoms with van der Waals surface area (Å²) in [6, 6.07) is 2.88. The monoisotopic (exact) mass is 375 g/mol. The molecule has 134 valence electrons. The zero-order valence-electron chi connectivity index (χ0n) is 14.1. The van der Waals surface area contributed by atoms with Crippen LogP contribution in [0.15, 0.2) is 24.5 Å². The highest BCUT2D eigenvalue weighted by atomic mass is 32.1. The molecule has 1 N–H and O–H groups in total. The summed E-state index contributed by atoms with van der Waals surface area (Å²) >= 11 is 1.08. The van der Waals surface area contributed by atoms with Crippen molar-refractivity contribution in [3.8, 4) is 22.1 Å². The van der Waals surface area contributed by atoms with E-state index in [1.165, 1.54) is 32.7 Å². The number of hydrogen-bond donors (Lipinski definition) is 1. The van der Waals surface area contributed by atoms with Crippen LogP contribution in [0.3, 0.4) is 0 Å². The van der Waals surface area contributed by atoms with Gasteiger partial charge in [-0.15, -0.1) is 5.10 Å². The van der Waals surface area contributed by atoms with Crippen LogP contribution < -0.4 is 14.8 Å². The first kappa shape index (κ1) is 17.7. The highest BCUT2D eigenvalue weighted by Gasteiger charge is 2.19. The minimum Gasteiger partial charge on any atom is -0.494 e. The number of methoxy groups -OCH3 is 2. The number of hydrogen-bond acceptors (Lipinski definition) is 8. The van der Waals surface area contributed by atoms with Crippen LogP contribution in [0.1, 0.15) is 16.1 Å². The fourth-order valence-corrected chi connectivity index (χ4v) is 2.82. The molecule has 26 heavy (non-hydrogen) atoms. The Kier molecular flexibility index (Phi) is 5.03. The van der Waals surface area contributed by atoms with Gasteiger partial charge in [-0.2, -0.15) is 4.39 Å². The average Bonchev–Trinajstić information content (AvgIpc) is 3.09. The Balaban J connectivity index is 2.03. The summed E-state index contributed by atoms with van der Waals surface area (Å²) in [6.07, 6.45) is 2.67. The summed E-state index contributed by atoms with van der Waals surface area (Å²) in [5.41, 5.74) is 1.75. The SMILES string of the molecule is COc1nnc(NC(=O)c2cnc(C)cc2-c2cc(F)ncc2OC)s1. The topological polar surface area (TPSA) is 99.1 Å². The smallest absolute Gasteiger partial charge is 0.295 e. The van der Waals surface area contributed by atoms with Crippen molar-refractivity contribution in [3.05, 3.63) is 41.7 Å². The summed E-state index contributed by atoms with van der Waals surface area (Å²) in [5, 5.41) is 10.8. The van der Waals surface area contributed by atoms with E-state index in [-0.39, 0.29) is 10.7 Å². The fraction of sp³-hybridized carbons (Fsp3) is 0.188. The summed E-state index contributed by atoms with van der Waals surface area (Å²) < 4.78 is 23.9. The van der Waals surface area contributed by atoms with E-state index in [1.54, 1.807) is 13.0 Å². The highest BCUT2D eigenvalue weighted by molar-refractivity contribution is 7.17. The normalized spacial score (nSPS) is 10.5. The molecule has 0 saturated heterocycles. The Morgan fingerprint density at radius 2 is 1.92 bits per heavy atom. The molecule has 0 fully saturated rings. The molecule has 0 unspecified atom stereocenters. The van der Waals surface area contributed by atoms with E-state index in [1.807, 2.05) is 0 Å². The van der Waals surface area contributed by atoms with Gasteiger partial charge in [0.15, 0.2) is 0 Å². The average molecular weight is 375 g/mol. The zero-order valence-corrected chi connectivity index (χ0v) is 14.9. The van der Waals surface area contributed by atoms with Gasteiger partial charge < -0.3 is 9.47 Å². The molecular formula is C16H14FN5O3S. The Morgan fingerprint density at radius 1 is 1.12 bits per heavy atom. The van der Waals surface area contributed by atoms with Gasteiger partial charge in [0, 0.05) is 29.1 Å². The summed E-state index contributed by atoms with van der Waals surface area (Å²) in [6.45, 7) is 1.77. The predicted molar refractivity (Wildman–Crippen MR) is 93.1 cm³/mol. The largest absolute Gasteiger partial charge is 0.494 e. The minimum atomic E-state index is -0.685. The first-order chi connectivity index (χ1) is 12.5. The van der Waals surface area contributed by atoms with E-state index in [0.29, 0.717) is 27.8 Å². The Morgan fingerprint density at radius 3 is 2.62 bits per heavy atom. The molecule has 0 radical (unpaired) electrons. The first-order valence-electron chi connectivity index (χ1n) is 7.37. The van der Waals surface area contributed by atoms with Gasteiger partial charge >= 0.3 is 0 Å². The van der Waals surface area contributed by atoms with Crippen LogP contribution in [-0.4, -0.2) is 40.3 Å². The van der Waals surface area contributed by atoms with Gasteiger partial charge in [0.2, 0.25) is 11.1 Å². The lowest BCUT2D eigenvalue weighted by Crippen LogP contribution is -2.14. The maximum Gasteiger partial charge on any atom is 0.295 e. The van der Waals surface area contributed by atoms with Crippen LogP contribution in [-0.2, 0) is 0 Å². The van der Waals surface area contributed by atoms with Gasteiger partial charge in [-0.3, -0.25) is 15.1 Å². The maximum atomic E-state index is 13.7. The van der Waals surface area contributed by atoms with Gasteiger partial charge in [0.25, 0.3) is 11.1 Å². The molecule has 1 amide bonds. The number of anilines is 1. The molecule has 0 spiro atoms. The zero-order chi connectivity index (χ0) is 18.7. The lowest BCUT2D eigenvalue weighted by atomic mass is 10.0. The maximum absolute atomic E-state index is 13.7. The van der Waals surface area contributed by atoms with Crippen molar-refractivity contribution in [2.75, 3.05) is 19.5 Å². The number of rotatable bonds is 5. The van der Waals surface area contributed by atoms with Crippen molar-refractivity contribution in [1.82, 2.24) is 20.2 Å². The molecule has 3 aromatic rings. The third kappa shape index (κ3) is 3.59. The molecule has 0 aromatic carbocycles. The number of nitrogens with one attached hydrogen (secondary N) is 1. The number of aryl methyl sites for hydroxylation is 1. The number of amides is 1. The number of nitrogens with zero attached hydrogens (tertiary/aromatic N) is 4. The second-order valence-corrected chi connectivity index (χ2v) is 6.05. The quantitative estimate of drug-likeness (QED) is 0.685. The van der Waals surface area contributed by atoms with E-state index in [0.717, 1.165) is 11.3 Å². The molecule has 0 aliphatic heterocycles. The molecule has 3 heterocycles. The number of halogens is 1. The van der Waals surface area contributed by atoms with Crippen molar-refractivity contribution in [2.45, 2.75) is 6.92 Å². The summed E-state index contributed by atoms with van der Waals surface area (Å²) in [5.74, 6) is -0.815. The number of pyridine rings is 2. The first-order valence-corrected chi connectivity index (χ1v) is 8.19. The van der Waals surface area contributed by atoms with Gasteiger partial charge in [-0.05, 0) is 24.3 Å². The molecule has 3 aromatic heterocycles. The number of carbonyl (C=O) groups excluding carboxylic acids is 1. The van der Waals surface area contributed by atoms with Crippen LogP contribution in [0, 0.1) is 12.9 Å². The highest BCUT2D eigenvalue weighted by Crippen LogP contribution is 2.33. The third-order valence-corrected chi connectivity index (χ3v) is 4.23. The number of ether oxygens (including phenoxy) is 2. The molecule has 0 atom stereocenters. The van der Waals surface area contributed by atoms with Crippen LogP contribution in [0.4, 0.5) is 9.52 Å². The van der Waals surface area contributed by atoms with E-state index in [9.17, 15) is 9.18 Å². The molecule has 0 saturated carbocycles. The molecule has 10 heteroatoms. The van der Waals surface area contributed by atoms with E-state index < -0.39 is 11.9 Å². The summed E-state index contributed by atoms with van der Waals surface area (Å²) in [4.78, 5) is 20.4. The van der Waals surface area contributed by atoms with E-state index >= 15 is 0 Å². The van der Waals surface area contributed by atoms with Crippen molar-refractivity contribution >= 4 is 22.4 Å². The Bertz CT molecular complexity index is 963. The second kappa shape index (κ2) is 7.40. The molecule has 8 nitrogen and oxygen atoms in total. The predicted octanol–water partition coefficient (Wildman–Crippen LogP) is 2.71. The van der Waals surface area contributed by atoms with Gasteiger partial charge in [-0.25, -0.2) is 4.98 Å². The van der Waals surface area contributed by atoms with Crippen LogP contribution in [0.5, 0.6) is 10.9 Å².